The molecule has 1 aromatic rings. The molecule has 5 atom stereocenters. The Bertz CT molecular complexity index is 716. The zero-order valence-electron chi connectivity index (χ0n) is 14.5. The number of ketones is 1. The number of ether oxygens (including phenoxy) is 1. The van der Waals surface area contributed by atoms with Crippen LogP contribution >= 0.6 is 0 Å². The van der Waals surface area contributed by atoms with Crippen molar-refractivity contribution in [2.24, 2.45) is 22.7 Å². The van der Waals surface area contributed by atoms with Gasteiger partial charge < -0.3 is 9.15 Å². The molecule has 4 heteroatoms. The van der Waals surface area contributed by atoms with Crippen LogP contribution in [0.3, 0.4) is 0 Å². The van der Waals surface area contributed by atoms with Gasteiger partial charge in [-0.1, -0.05) is 18.9 Å². The number of hydrogen-bond acceptors (Lipinski definition) is 4. The fourth-order valence-electron chi connectivity index (χ4n) is 5.71. The summed E-state index contributed by atoms with van der Waals surface area (Å²) in [5.41, 5.74) is 1.31. The molecule has 0 aromatic carbocycles. The average Bonchev–Trinajstić information content (AvgIpc) is 3.12. The number of allylic oxidation sites excluding steroid dienone is 1. The minimum Gasteiger partial charge on any atom is -0.472 e. The third-order valence-electron chi connectivity index (χ3n) is 6.85. The number of esters is 1. The summed E-state index contributed by atoms with van der Waals surface area (Å²) in [5, 5.41) is 0. The van der Waals surface area contributed by atoms with Crippen molar-refractivity contribution in [1.82, 2.24) is 0 Å². The van der Waals surface area contributed by atoms with Crippen molar-refractivity contribution >= 4 is 11.8 Å². The van der Waals surface area contributed by atoms with Crippen molar-refractivity contribution < 1.29 is 18.7 Å². The van der Waals surface area contributed by atoms with E-state index in [1.165, 1.54) is 18.1 Å². The minimum absolute atomic E-state index is 0.0608. The van der Waals surface area contributed by atoms with E-state index in [-0.39, 0.29) is 35.1 Å². The normalized spacial score (nSPS) is 40.7. The van der Waals surface area contributed by atoms with Crippen LogP contribution in [0.15, 0.2) is 34.7 Å². The van der Waals surface area contributed by atoms with E-state index in [0.29, 0.717) is 12.0 Å². The second-order valence-corrected chi connectivity index (χ2v) is 8.23. The van der Waals surface area contributed by atoms with Crippen molar-refractivity contribution in [3.63, 3.8) is 0 Å². The second-order valence-electron chi connectivity index (χ2n) is 8.23. The topological polar surface area (TPSA) is 56.5 Å². The van der Waals surface area contributed by atoms with Crippen LogP contribution in [0.4, 0.5) is 0 Å². The number of Topliss-reactive ketones (excluding diaryl/α,β-unsaturated/α-hetero) is 1. The lowest BCUT2D eigenvalue weighted by molar-refractivity contribution is -0.148. The van der Waals surface area contributed by atoms with Gasteiger partial charge in [-0.05, 0) is 50.2 Å². The van der Waals surface area contributed by atoms with Crippen LogP contribution in [0.5, 0.6) is 0 Å². The van der Waals surface area contributed by atoms with E-state index in [1.807, 2.05) is 0 Å². The van der Waals surface area contributed by atoms with Crippen LogP contribution in [-0.2, 0) is 9.53 Å². The highest BCUT2D eigenvalue weighted by Crippen LogP contribution is 2.64. The van der Waals surface area contributed by atoms with E-state index in [1.54, 1.807) is 6.07 Å². The van der Waals surface area contributed by atoms with Crippen molar-refractivity contribution in [2.45, 2.75) is 52.6 Å². The fourth-order valence-corrected chi connectivity index (χ4v) is 5.71. The average molecular weight is 328 g/mol. The third kappa shape index (κ3) is 1.98. The molecule has 1 aromatic heterocycles. The molecular formula is C20H24O4. The smallest absolute Gasteiger partial charge is 0.312 e. The molecule has 2 aliphatic carbocycles. The molecule has 24 heavy (non-hydrogen) atoms. The van der Waals surface area contributed by atoms with Crippen molar-refractivity contribution in [2.75, 3.05) is 0 Å². The first-order valence-corrected chi connectivity index (χ1v) is 8.81. The molecule has 1 saturated heterocycles. The highest BCUT2D eigenvalue weighted by molar-refractivity contribution is 5.96. The number of furan rings is 1. The van der Waals surface area contributed by atoms with Crippen LogP contribution in [0.25, 0.3) is 0 Å². The van der Waals surface area contributed by atoms with Crippen LogP contribution in [0.2, 0.25) is 0 Å². The van der Waals surface area contributed by atoms with Gasteiger partial charge in [-0.3, -0.25) is 9.59 Å². The predicted molar refractivity (Wildman–Crippen MR) is 88.3 cm³/mol. The Kier molecular flexibility index (Phi) is 3.32. The zero-order chi connectivity index (χ0) is 17.1. The molecule has 0 N–H and O–H groups in total. The minimum atomic E-state index is -0.411. The number of carbonyl (C=O) groups is 2. The van der Waals surface area contributed by atoms with Gasteiger partial charge in [0.2, 0.25) is 0 Å². The Hall–Kier alpha value is -1.84. The van der Waals surface area contributed by atoms with Gasteiger partial charge in [-0.2, -0.15) is 0 Å². The van der Waals surface area contributed by atoms with Crippen molar-refractivity contribution in [1.29, 1.82) is 0 Å². The largest absolute Gasteiger partial charge is 0.472 e. The summed E-state index contributed by atoms with van der Waals surface area (Å²) in [5.74, 6) is 0.361. The van der Waals surface area contributed by atoms with E-state index >= 15 is 0 Å². The van der Waals surface area contributed by atoms with Crippen LogP contribution in [-0.4, -0.2) is 17.9 Å². The van der Waals surface area contributed by atoms with E-state index in [4.69, 9.17) is 9.15 Å². The van der Waals surface area contributed by atoms with Gasteiger partial charge in [0.1, 0.15) is 12.4 Å². The van der Waals surface area contributed by atoms with Crippen molar-refractivity contribution in [3.8, 4) is 0 Å². The SMILES string of the molecule is CC1=C[C@H]2OC(=O)[C@@]3(C)CCC[C@](C)([C@H]1CC(=O)c1ccoc1)[C@H]23. The maximum Gasteiger partial charge on any atom is 0.312 e. The molecule has 128 valence electrons. The summed E-state index contributed by atoms with van der Waals surface area (Å²) in [6.07, 6.45) is 8.41. The molecule has 4 rings (SSSR count). The van der Waals surface area contributed by atoms with Crippen molar-refractivity contribution in [3.05, 3.63) is 35.8 Å². The van der Waals surface area contributed by atoms with Gasteiger partial charge in [0.15, 0.2) is 5.78 Å². The lowest BCUT2D eigenvalue weighted by atomic mass is 9.48. The number of hydrogen-bond donors (Lipinski definition) is 0. The molecule has 0 amide bonds. The van der Waals surface area contributed by atoms with Gasteiger partial charge in [-0.25, -0.2) is 0 Å². The van der Waals surface area contributed by atoms with E-state index in [0.717, 1.165) is 19.3 Å². The summed E-state index contributed by atoms with van der Waals surface area (Å²) in [6, 6.07) is 1.72. The highest BCUT2D eigenvalue weighted by atomic mass is 16.6. The lowest BCUT2D eigenvalue weighted by Gasteiger charge is -2.54. The first-order chi connectivity index (χ1) is 11.4. The predicted octanol–water partition coefficient (Wildman–Crippen LogP) is 4.17. The van der Waals surface area contributed by atoms with Gasteiger partial charge in [-0.15, -0.1) is 0 Å². The van der Waals surface area contributed by atoms with E-state index in [2.05, 4.69) is 26.8 Å². The molecule has 1 saturated carbocycles. The van der Waals surface area contributed by atoms with Crippen LogP contribution in [0, 0.1) is 22.7 Å². The Morgan fingerprint density at radius 1 is 1.33 bits per heavy atom. The quantitative estimate of drug-likeness (QED) is 0.475. The molecule has 2 heterocycles. The Morgan fingerprint density at radius 2 is 2.12 bits per heavy atom. The van der Waals surface area contributed by atoms with E-state index < -0.39 is 5.41 Å². The van der Waals surface area contributed by atoms with Gasteiger partial charge in [0.25, 0.3) is 0 Å². The molecule has 2 fully saturated rings. The summed E-state index contributed by atoms with van der Waals surface area (Å²) >= 11 is 0. The second kappa shape index (κ2) is 5.08. The van der Waals surface area contributed by atoms with Gasteiger partial charge >= 0.3 is 5.97 Å². The van der Waals surface area contributed by atoms with E-state index in [9.17, 15) is 9.59 Å². The fraction of sp³-hybridized carbons (Fsp3) is 0.600. The molecule has 0 bridgehead atoms. The van der Waals surface area contributed by atoms with Gasteiger partial charge in [0.05, 0.1) is 17.2 Å². The Labute approximate surface area is 142 Å². The summed E-state index contributed by atoms with van der Waals surface area (Å²) < 4.78 is 10.8. The Balaban J connectivity index is 1.72. The van der Waals surface area contributed by atoms with Gasteiger partial charge in [0, 0.05) is 12.3 Å². The molecule has 4 nitrogen and oxygen atoms in total. The first kappa shape index (κ1) is 15.7. The maximum absolute atomic E-state index is 12.7. The van der Waals surface area contributed by atoms with Crippen LogP contribution < -0.4 is 0 Å². The molecule has 0 unspecified atom stereocenters. The van der Waals surface area contributed by atoms with Crippen LogP contribution in [0.1, 0.15) is 56.8 Å². The number of rotatable bonds is 3. The highest BCUT2D eigenvalue weighted by Gasteiger charge is 2.65. The lowest BCUT2D eigenvalue weighted by Crippen LogP contribution is -2.52. The molecule has 0 radical (unpaired) electrons. The Morgan fingerprint density at radius 3 is 2.83 bits per heavy atom. The monoisotopic (exact) mass is 328 g/mol. The summed E-state index contributed by atoms with van der Waals surface area (Å²) in [7, 11) is 0. The first-order valence-electron chi connectivity index (χ1n) is 8.81. The molecular weight excluding hydrogens is 304 g/mol. The zero-order valence-corrected chi connectivity index (χ0v) is 14.5. The number of carbonyl (C=O) groups excluding carboxylic acids is 2. The molecule has 1 aliphatic heterocycles. The molecule has 3 aliphatic rings. The summed E-state index contributed by atoms with van der Waals surface area (Å²) in [4.78, 5) is 25.2. The summed E-state index contributed by atoms with van der Waals surface area (Å²) in [6.45, 7) is 6.39. The molecule has 0 spiro atoms. The maximum atomic E-state index is 12.7. The standard InChI is InChI=1S/C20H24O4/c1-12-9-16-17-19(2,6-4-7-20(17,3)18(22)24-16)14(12)10-15(21)13-5-8-23-11-13/h5,8-9,11,14,16-17H,4,6-7,10H2,1-3H3/t14-,16+,17-,19+,20-/m0/s1. The third-order valence-corrected chi connectivity index (χ3v) is 6.85.